The summed E-state index contributed by atoms with van der Waals surface area (Å²) >= 11 is 0. The number of benzene rings is 1. The Hall–Kier alpha value is -1.51. The van der Waals surface area contributed by atoms with Gasteiger partial charge in [-0.05, 0) is 69.2 Å². The first kappa shape index (κ1) is 14.9. The molecule has 20 heavy (non-hydrogen) atoms. The predicted octanol–water partition coefficient (Wildman–Crippen LogP) is 3.79. The fourth-order valence-corrected chi connectivity index (χ4v) is 2.38. The third kappa shape index (κ3) is 3.99. The maximum Gasteiger partial charge on any atom is 0.309 e. The highest BCUT2D eigenvalue weighted by Gasteiger charge is 2.28. The summed E-state index contributed by atoms with van der Waals surface area (Å²) in [7, 11) is 0. The molecule has 1 aliphatic rings. The van der Waals surface area contributed by atoms with Crippen LogP contribution in [0, 0.1) is 5.92 Å². The first-order valence-electron chi connectivity index (χ1n) is 7.31. The van der Waals surface area contributed by atoms with Gasteiger partial charge in [0.15, 0.2) is 0 Å². The fourth-order valence-electron chi connectivity index (χ4n) is 2.38. The summed E-state index contributed by atoms with van der Waals surface area (Å²) in [5.74, 6) is 0.494. The second kappa shape index (κ2) is 5.47. The molecule has 0 radical (unpaired) electrons. The van der Waals surface area contributed by atoms with Gasteiger partial charge in [-0.1, -0.05) is 13.0 Å². The molecule has 0 aromatic heterocycles. The smallest absolute Gasteiger partial charge is 0.309 e. The molecule has 2 rings (SSSR count). The molecule has 3 nitrogen and oxygen atoms in total. The van der Waals surface area contributed by atoms with E-state index in [0.717, 1.165) is 5.56 Å². The SMILES string of the molecule is CC(Cc1cc(O)ccc1C1CC1)C(=O)OC(C)(C)C. The van der Waals surface area contributed by atoms with Crippen molar-refractivity contribution in [2.75, 3.05) is 0 Å². The molecule has 1 aromatic carbocycles. The minimum atomic E-state index is -0.455. The predicted molar refractivity (Wildman–Crippen MR) is 78.8 cm³/mol. The van der Waals surface area contributed by atoms with Crippen molar-refractivity contribution in [1.29, 1.82) is 0 Å². The number of aromatic hydroxyl groups is 1. The van der Waals surface area contributed by atoms with Gasteiger partial charge >= 0.3 is 5.97 Å². The van der Waals surface area contributed by atoms with Gasteiger partial charge in [-0.2, -0.15) is 0 Å². The van der Waals surface area contributed by atoms with Crippen LogP contribution in [0.25, 0.3) is 0 Å². The van der Waals surface area contributed by atoms with Gasteiger partial charge in [-0.25, -0.2) is 0 Å². The van der Waals surface area contributed by atoms with Gasteiger partial charge in [0, 0.05) is 0 Å². The molecule has 1 aromatic rings. The van der Waals surface area contributed by atoms with Crippen LogP contribution in [0.1, 0.15) is 57.6 Å². The third-order valence-electron chi connectivity index (χ3n) is 3.48. The summed E-state index contributed by atoms with van der Waals surface area (Å²) in [5, 5.41) is 9.66. The molecule has 110 valence electrons. The number of carbonyl (C=O) groups is 1. The van der Waals surface area contributed by atoms with E-state index in [2.05, 4.69) is 0 Å². The van der Waals surface area contributed by atoms with Gasteiger partial charge in [-0.15, -0.1) is 0 Å². The molecular weight excluding hydrogens is 252 g/mol. The Kier molecular flexibility index (Phi) is 4.07. The van der Waals surface area contributed by atoms with Crippen molar-refractivity contribution in [3.05, 3.63) is 29.3 Å². The van der Waals surface area contributed by atoms with E-state index >= 15 is 0 Å². The molecule has 0 spiro atoms. The number of phenols is 1. The second-order valence-corrected chi connectivity index (χ2v) is 6.80. The second-order valence-electron chi connectivity index (χ2n) is 6.80. The zero-order chi connectivity index (χ0) is 14.9. The lowest BCUT2D eigenvalue weighted by atomic mass is 9.94. The monoisotopic (exact) mass is 276 g/mol. The zero-order valence-corrected chi connectivity index (χ0v) is 12.8. The van der Waals surface area contributed by atoms with Crippen molar-refractivity contribution in [3.8, 4) is 5.75 Å². The third-order valence-corrected chi connectivity index (χ3v) is 3.48. The quantitative estimate of drug-likeness (QED) is 0.851. The van der Waals surface area contributed by atoms with Gasteiger partial charge in [0.1, 0.15) is 11.4 Å². The molecule has 3 heteroatoms. The minimum Gasteiger partial charge on any atom is -0.508 e. The van der Waals surface area contributed by atoms with E-state index < -0.39 is 5.60 Å². The summed E-state index contributed by atoms with van der Waals surface area (Å²) in [6, 6.07) is 5.51. The first-order chi connectivity index (χ1) is 9.26. The highest BCUT2D eigenvalue weighted by Crippen LogP contribution is 2.42. The number of ether oxygens (including phenoxy) is 1. The lowest BCUT2D eigenvalue weighted by Crippen LogP contribution is -2.28. The molecule has 1 unspecified atom stereocenters. The normalized spacial score (nSPS) is 16.8. The average molecular weight is 276 g/mol. The summed E-state index contributed by atoms with van der Waals surface area (Å²) < 4.78 is 5.42. The lowest BCUT2D eigenvalue weighted by Gasteiger charge is -2.22. The molecule has 0 bridgehead atoms. The minimum absolute atomic E-state index is 0.178. The van der Waals surface area contributed by atoms with Crippen LogP contribution in [0.4, 0.5) is 0 Å². The Labute approximate surface area is 121 Å². The molecule has 0 heterocycles. The standard InChI is InChI=1S/C17H24O3/c1-11(16(19)20-17(2,3)4)9-13-10-14(18)7-8-15(13)12-5-6-12/h7-8,10-12,18H,5-6,9H2,1-4H3. The summed E-state index contributed by atoms with van der Waals surface area (Å²) in [4.78, 5) is 12.1. The van der Waals surface area contributed by atoms with Crippen molar-refractivity contribution in [3.63, 3.8) is 0 Å². The van der Waals surface area contributed by atoms with E-state index in [9.17, 15) is 9.90 Å². The van der Waals surface area contributed by atoms with Crippen molar-refractivity contribution in [1.82, 2.24) is 0 Å². The first-order valence-corrected chi connectivity index (χ1v) is 7.31. The highest BCUT2D eigenvalue weighted by molar-refractivity contribution is 5.73. The van der Waals surface area contributed by atoms with E-state index in [1.165, 1.54) is 18.4 Å². The van der Waals surface area contributed by atoms with Crippen LogP contribution in [-0.4, -0.2) is 16.7 Å². The summed E-state index contributed by atoms with van der Waals surface area (Å²) in [6.07, 6.45) is 3.03. The van der Waals surface area contributed by atoms with E-state index in [1.54, 1.807) is 12.1 Å². The van der Waals surface area contributed by atoms with Crippen LogP contribution >= 0.6 is 0 Å². The molecule has 0 saturated heterocycles. The van der Waals surface area contributed by atoms with E-state index in [4.69, 9.17) is 4.74 Å². The largest absolute Gasteiger partial charge is 0.508 e. The zero-order valence-electron chi connectivity index (χ0n) is 12.8. The summed E-state index contributed by atoms with van der Waals surface area (Å²) in [5.41, 5.74) is 1.90. The Morgan fingerprint density at radius 3 is 2.60 bits per heavy atom. The van der Waals surface area contributed by atoms with Crippen LogP contribution in [0.15, 0.2) is 18.2 Å². The van der Waals surface area contributed by atoms with Crippen LogP contribution in [0.3, 0.4) is 0 Å². The van der Waals surface area contributed by atoms with Crippen molar-refractivity contribution in [2.24, 2.45) is 5.92 Å². The number of hydrogen-bond donors (Lipinski definition) is 1. The molecule has 1 saturated carbocycles. The van der Waals surface area contributed by atoms with Crippen molar-refractivity contribution < 1.29 is 14.6 Å². The molecule has 1 fully saturated rings. The van der Waals surface area contributed by atoms with Crippen molar-refractivity contribution in [2.45, 2.75) is 58.5 Å². The lowest BCUT2D eigenvalue weighted by molar-refractivity contribution is -0.159. The van der Waals surface area contributed by atoms with Gasteiger partial charge in [0.2, 0.25) is 0 Å². The Balaban J connectivity index is 2.09. The van der Waals surface area contributed by atoms with Crippen LogP contribution in [0.5, 0.6) is 5.75 Å². The maximum atomic E-state index is 12.1. The topological polar surface area (TPSA) is 46.5 Å². The average Bonchev–Trinajstić information content (AvgIpc) is 3.10. The number of carbonyl (C=O) groups excluding carboxylic acids is 1. The number of phenolic OH excluding ortho intramolecular Hbond substituents is 1. The Morgan fingerprint density at radius 2 is 2.05 bits per heavy atom. The molecule has 1 atom stereocenters. The Bertz CT molecular complexity index is 495. The number of hydrogen-bond acceptors (Lipinski definition) is 3. The Morgan fingerprint density at radius 1 is 1.40 bits per heavy atom. The molecule has 0 aliphatic heterocycles. The molecule has 1 N–H and O–H groups in total. The van der Waals surface area contributed by atoms with Gasteiger partial charge < -0.3 is 9.84 Å². The van der Waals surface area contributed by atoms with Gasteiger partial charge in [0.25, 0.3) is 0 Å². The van der Waals surface area contributed by atoms with Crippen molar-refractivity contribution >= 4 is 5.97 Å². The maximum absolute atomic E-state index is 12.1. The van der Waals surface area contributed by atoms with Crippen LogP contribution in [-0.2, 0) is 16.0 Å². The van der Waals surface area contributed by atoms with Crippen LogP contribution < -0.4 is 0 Å². The fraction of sp³-hybridized carbons (Fsp3) is 0.588. The summed E-state index contributed by atoms with van der Waals surface area (Å²) in [6.45, 7) is 7.51. The molecular formula is C17H24O3. The molecule has 0 amide bonds. The van der Waals surface area contributed by atoms with Gasteiger partial charge in [-0.3, -0.25) is 4.79 Å². The van der Waals surface area contributed by atoms with E-state index in [1.807, 2.05) is 33.8 Å². The van der Waals surface area contributed by atoms with Gasteiger partial charge in [0.05, 0.1) is 5.92 Å². The molecule has 1 aliphatic carbocycles. The van der Waals surface area contributed by atoms with E-state index in [0.29, 0.717) is 12.3 Å². The van der Waals surface area contributed by atoms with Crippen LogP contribution in [0.2, 0.25) is 0 Å². The number of rotatable bonds is 4. The number of esters is 1. The van der Waals surface area contributed by atoms with E-state index in [-0.39, 0.29) is 17.6 Å². The highest BCUT2D eigenvalue weighted by atomic mass is 16.6.